The van der Waals surface area contributed by atoms with Crippen LogP contribution in [0.3, 0.4) is 0 Å². The highest BCUT2D eigenvalue weighted by Crippen LogP contribution is 2.23. The summed E-state index contributed by atoms with van der Waals surface area (Å²) in [5, 5.41) is 0. The first-order chi connectivity index (χ1) is 12.0. The molecule has 3 rings (SSSR count). The molecule has 0 radical (unpaired) electrons. The van der Waals surface area contributed by atoms with Crippen LogP contribution in [0.15, 0.2) is 42.5 Å². The number of piperazine rings is 1. The maximum Gasteiger partial charge on any atom is 0.259 e. The molecule has 1 saturated heterocycles. The van der Waals surface area contributed by atoms with E-state index >= 15 is 0 Å². The summed E-state index contributed by atoms with van der Waals surface area (Å²) in [6.07, 6.45) is 0. The second-order valence-corrected chi connectivity index (χ2v) is 6.47. The third-order valence-electron chi connectivity index (χ3n) is 4.93. The molecule has 0 N–H and O–H groups in total. The SMILES string of the molecule is Cc1ccc(F)c(C(=O)N2CCN(C(C)c3ccccc3)CC2)c1F. The molecule has 1 amide bonds. The lowest BCUT2D eigenvalue weighted by atomic mass is 10.1. The maximum atomic E-state index is 14.2. The standard InChI is InChI=1S/C20H22F2N2O/c1-14-8-9-17(21)18(19(14)22)20(25)24-12-10-23(11-13-24)15(2)16-6-4-3-5-7-16/h3-9,15H,10-13H2,1-2H3. The van der Waals surface area contributed by atoms with Gasteiger partial charge in [-0.05, 0) is 31.0 Å². The van der Waals surface area contributed by atoms with Crippen LogP contribution in [-0.2, 0) is 0 Å². The van der Waals surface area contributed by atoms with Gasteiger partial charge in [0.05, 0.1) is 0 Å². The second-order valence-electron chi connectivity index (χ2n) is 6.47. The number of carbonyl (C=O) groups excluding carboxylic acids is 1. The van der Waals surface area contributed by atoms with Crippen LogP contribution in [0.1, 0.15) is 34.5 Å². The molecule has 25 heavy (non-hydrogen) atoms. The topological polar surface area (TPSA) is 23.6 Å². The van der Waals surface area contributed by atoms with Gasteiger partial charge in [0.25, 0.3) is 5.91 Å². The normalized spacial score (nSPS) is 16.7. The van der Waals surface area contributed by atoms with Crippen LogP contribution in [0.5, 0.6) is 0 Å². The Morgan fingerprint density at radius 1 is 1.00 bits per heavy atom. The van der Waals surface area contributed by atoms with Crippen molar-refractivity contribution in [3.05, 3.63) is 70.8 Å². The van der Waals surface area contributed by atoms with Gasteiger partial charge in [-0.25, -0.2) is 8.78 Å². The lowest BCUT2D eigenvalue weighted by molar-refractivity contribution is 0.0573. The monoisotopic (exact) mass is 344 g/mol. The number of aryl methyl sites for hydroxylation is 1. The van der Waals surface area contributed by atoms with Crippen LogP contribution >= 0.6 is 0 Å². The Hall–Kier alpha value is -2.27. The fourth-order valence-electron chi connectivity index (χ4n) is 3.27. The molecule has 1 aliphatic rings. The Labute approximate surface area is 146 Å². The number of carbonyl (C=O) groups is 1. The molecule has 0 aromatic heterocycles. The van der Waals surface area contributed by atoms with Crippen molar-refractivity contribution >= 4 is 5.91 Å². The fraction of sp³-hybridized carbons (Fsp3) is 0.350. The molecule has 0 spiro atoms. The van der Waals surface area contributed by atoms with Crippen molar-refractivity contribution in [3.63, 3.8) is 0 Å². The van der Waals surface area contributed by atoms with E-state index in [1.54, 1.807) is 0 Å². The van der Waals surface area contributed by atoms with Crippen LogP contribution < -0.4 is 0 Å². The number of benzene rings is 2. The summed E-state index contributed by atoms with van der Waals surface area (Å²) in [6, 6.07) is 12.9. The average molecular weight is 344 g/mol. The lowest BCUT2D eigenvalue weighted by Gasteiger charge is -2.38. The van der Waals surface area contributed by atoms with Gasteiger partial charge >= 0.3 is 0 Å². The zero-order valence-corrected chi connectivity index (χ0v) is 14.5. The highest BCUT2D eigenvalue weighted by Gasteiger charge is 2.28. The smallest absolute Gasteiger partial charge is 0.259 e. The van der Waals surface area contributed by atoms with Gasteiger partial charge in [-0.1, -0.05) is 36.4 Å². The van der Waals surface area contributed by atoms with Gasteiger partial charge in [0.2, 0.25) is 0 Å². The fourth-order valence-corrected chi connectivity index (χ4v) is 3.27. The quantitative estimate of drug-likeness (QED) is 0.846. The van der Waals surface area contributed by atoms with E-state index in [1.165, 1.54) is 23.5 Å². The molecule has 2 aromatic carbocycles. The summed E-state index contributed by atoms with van der Waals surface area (Å²) in [5.41, 5.74) is 1.06. The summed E-state index contributed by atoms with van der Waals surface area (Å²) in [6.45, 7) is 5.94. The van der Waals surface area contributed by atoms with E-state index < -0.39 is 23.1 Å². The predicted octanol–water partition coefficient (Wildman–Crippen LogP) is 3.79. The van der Waals surface area contributed by atoms with Crippen molar-refractivity contribution in [3.8, 4) is 0 Å². The number of rotatable bonds is 3. The van der Waals surface area contributed by atoms with Crippen molar-refractivity contribution in [2.75, 3.05) is 26.2 Å². The zero-order chi connectivity index (χ0) is 18.0. The van der Waals surface area contributed by atoms with Crippen LogP contribution in [0.4, 0.5) is 8.78 Å². The molecule has 0 saturated carbocycles. The predicted molar refractivity (Wildman–Crippen MR) is 93.4 cm³/mol. The largest absolute Gasteiger partial charge is 0.336 e. The van der Waals surface area contributed by atoms with Crippen LogP contribution in [-0.4, -0.2) is 41.9 Å². The first-order valence-electron chi connectivity index (χ1n) is 8.52. The Balaban J connectivity index is 1.69. The molecule has 1 heterocycles. The zero-order valence-electron chi connectivity index (χ0n) is 14.5. The van der Waals surface area contributed by atoms with E-state index in [4.69, 9.17) is 0 Å². The number of hydrogen-bond donors (Lipinski definition) is 0. The maximum absolute atomic E-state index is 14.2. The van der Waals surface area contributed by atoms with Gasteiger partial charge in [-0.3, -0.25) is 9.69 Å². The minimum Gasteiger partial charge on any atom is -0.336 e. The third-order valence-corrected chi connectivity index (χ3v) is 4.93. The van der Waals surface area contributed by atoms with E-state index in [9.17, 15) is 13.6 Å². The molecule has 5 heteroatoms. The van der Waals surface area contributed by atoms with E-state index in [0.717, 1.165) is 6.07 Å². The van der Waals surface area contributed by atoms with E-state index in [-0.39, 0.29) is 11.6 Å². The van der Waals surface area contributed by atoms with E-state index in [0.29, 0.717) is 26.2 Å². The van der Waals surface area contributed by atoms with Crippen molar-refractivity contribution in [1.82, 2.24) is 9.80 Å². The van der Waals surface area contributed by atoms with Crippen molar-refractivity contribution in [1.29, 1.82) is 0 Å². The van der Waals surface area contributed by atoms with Crippen molar-refractivity contribution in [2.45, 2.75) is 19.9 Å². The van der Waals surface area contributed by atoms with E-state index in [1.807, 2.05) is 18.2 Å². The molecular weight excluding hydrogens is 322 g/mol. The molecule has 0 aliphatic carbocycles. The number of hydrogen-bond acceptors (Lipinski definition) is 2. The third kappa shape index (κ3) is 3.56. The minimum atomic E-state index is -0.798. The van der Waals surface area contributed by atoms with Gasteiger partial charge in [0.1, 0.15) is 17.2 Å². The Morgan fingerprint density at radius 2 is 1.64 bits per heavy atom. The molecular formula is C20H22F2N2O. The Bertz CT molecular complexity index is 756. The van der Waals surface area contributed by atoms with Crippen LogP contribution in [0.2, 0.25) is 0 Å². The average Bonchev–Trinajstić information content (AvgIpc) is 2.65. The molecule has 1 atom stereocenters. The Kier molecular flexibility index (Phi) is 5.13. The van der Waals surface area contributed by atoms with Crippen LogP contribution in [0.25, 0.3) is 0 Å². The summed E-state index contributed by atoms with van der Waals surface area (Å²) < 4.78 is 28.2. The molecule has 2 aromatic rings. The lowest BCUT2D eigenvalue weighted by Crippen LogP contribution is -2.49. The van der Waals surface area contributed by atoms with Gasteiger partial charge in [0, 0.05) is 32.2 Å². The summed E-state index contributed by atoms with van der Waals surface area (Å²) in [4.78, 5) is 16.4. The van der Waals surface area contributed by atoms with Crippen molar-refractivity contribution < 1.29 is 13.6 Å². The van der Waals surface area contributed by atoms with Crippen molar-refractivity contribution in [2.24, 2.45) is 0 Å². The van der Waals surface area contributed by atoms with Gasteiger partial charge in [-0.2, -0.15) is 0 Å². The molecule has 1 aliphatic heterocycles. The number of amides is 1. The highest BCUT2D eigenvalue weighted by molar-refractivity contribution is 5.95. The van der Waals surface area contributed by atoms with Gasteiger partial charge in [-0.15, -0.1) is 0 Å². The first kappa shape index (κ1) is 17.5. The minimum absolute atomic E-state index is 0.242. The number of nitrogens with zero attached hydrogens (tertiary/aromatic N) is 2. The molecule has 3 nitrogen and oxygen atoms in total. The first-order valence-corrected chi connectivity index (χ1v) is 8.52. The summed E-state index contributed by atoms with van der Waals surface area (Å²) in [7, 11) is 0. The van der Waals surface area contributed by atoms with Gasteiger partial charge in [0.15, 0.2) is 0 Å². The Morgan fingerprint density at radius 3 is 2.28 bits per heavy atom. The molecule has 132 valence electrons. The van der Waals surface area contributed by atoms with Crippen LogP contribution in [0, 0.1) is 18.6 Å². The molecule has 0 bridgehead atoms. The second kappa shape index (κ2) is 7.31. The highest BCUT2D eigenvalue weighted by atomic mass is 19.1. The van der Waals surface area contributed by atoms with E-state index in [2.05, 4.69) is 24.0 Å². The summed E-state index contributed by atoms with van der Waals surface area (Å²) >= 11 is 0. The molecule has 1 unspecified atom stereocenters. The van der Waals surface area contributed by atoms with Gasteiger partial charge < -0.3 is 4.90 Å². The molecule has 1 fully saturated rings. The summed E-state index contributed by atoms with van der Waals surface area (Å²) in [5.74, 6) is -2.12. The number of halogens is 2.